The third kappa shape index (κ3) is 4.39. The number of thiocarbonyl (C=S) groups is 1. The molecule has 0 spiro atoms. The monoisotopic (exact) mass is 270 g/mol. The molecule has 0 aromatic carbocycles. The van der Waals surface area contributed by atoms with Crippen molar-refractivity contribution in [2.24, 2.45) is 5.92 Å². The van der Waals surface area contributed by atoms with E-state index in [1.807, 2.05) is 0 Å². The normalized spacial score (nSPS) is 25.7. The van der Waals surface area contributed by atoms with Crippen molar-refractivity contribution in [1.82, 2.24) is 10.2 Å². The third-order valence-corrected chi connectivity index (χ3v) is 4.50. The minimum absolute atomic E-state index is 0.608. The summed E-state index contributed by atoms with van der Waals surface area (Å²) in [6, 6.07) is 0.608. The minimum Gasteiger partial charge on any atom is -0.381 e. The Hall–Kier alpha value is -0.350. The smallest absolute Gasteiger partial charge is 0.168 e. The molecule has 1 N–H and O–H groups in total. The van der Waals surface area contributed by atoms with E-state index in [-0.39, 0.29) is 0 Å². The Morgan fingerprint density at radius 2 is 2.00 bits per heavy atom. The van der Waals surface area contributed by atoms with Gasteiger partial charge < -0.3 is 15.0 Å². The maximum Gasteiger partial charge on any atom is 0.168 e. The van der Waals surface area contributed by atoms with Crippen molar-refractivity contribution in [2.45, 2.75) is 51.0 Å². The molecule has 3 nitrogen and oxygen atoms in total. The number of nitrogens with zero attached hydrogens (tertiary/aromatic N) is 1. The van der Waals surface area contributed by atoms with Crippen molar-refractivity contribution in [3.63, 3.8) is 0 Å². The van der Waals surface area contributed by atoms with Crippen LogP contribution in [0.15, 0.2) is 0 Å². The van der Waals surface area contributed by atoms with E-state index < -0.39 is 0 Å². The fourth-order valence-electron chi connectivity index (χ4n) is 2.95. The third-order valence-electron chi connectivity index (χ3n) is 4.07. The molecule has 0 bridgehead atoms. The van der Waals surface area contributed by atoms with Crippen molar-refractivity contribution in [3.05, 3.63) is 0 Å². The standard InChI is InChI=1S/C14H26N2OS/c1-16(10-12-6-5-9-17-11-12)14(18)15-13-7-3-2-4-8-13/h12-13H,2-11H2,1H3,(H,15,18). The van der Waals surface area contributed by atoms with Crippen LogP contribution in [0.25, 0.3) is 0 Å². The summed E-state index contributed by atoms with van der Waals surface area (Å²) in [5.41, 5.74) is 0. The summed E-state index contributed by atoms with van der Waals surface area (Å²) in [5, 5.41) is 4.45. The first kappa shape index (κ1) is 14.1. The average Bonchev–Trinajstić information content (AvgIpc) is 2.41. The first-order valence-corrected chi connectivity index (χ1v) is 7.76. The maximum absolute atomic E-state index is 5.52. The highest BCUT2D eigenvalue weighted by molar-refractivity contribution is 7.80. The van der Waals surface area contributed by atoms with Gasteiger partial charge in [0.1, 0.15) is 0 Å². The summed E-state index contributed by atoms with van der Waals surface area (Å²) < 4.78 is 5.52. The van der Waals surface area contributed by atoms with Crippen LogP contribution in [0.2, 0.25) is 0 Å². The molecule has 4 heteroatoms. The molecular formula is C14H26N2OS. The summed E-state index contributed by atoms with van der Waals surface area (Å²) in [6.07, 6.45) is 9.11. The first-order chi connectivity index (χ1) is 8.75. The molecule has 1 heterocycles. The fraction of sp³-hybridized carbons (Fsp3) is 0.929. The van der Waals surface area contributed by atoms with Crippen molar-refractivity contribution < 1.29 is 4.74 Å². The summed E-state index contributed by atoms with van der Waals surface area (Å²) >= 11 is 5.50. The molecule has 0 radical (unpaired) electrons. The molecule has 2 aliphatic rings. The zero-order valence-corrected chi connectivity index (χ0v) is 12.3. The van der Waals surface area contributed by atoms with Crippen molar-refractivity contribution in [1.29, 1.82) is 0 Å². The van der Waals surface area contributed by atoms with Crippen LogP contribution in [0.1, 0.15) is 44.9 Å². The molecule has 104 valence electrons. The second-order valence-electron chi connectivity index (χ2n) is 5.75. The lowest BCUT2D eigenvalue weighted by atomic mass is 9.96. The second-order valence-corrected chi connectivity index (χ2v) is 6.13. The van der Waals surface area contributed by atoms with E-state index in [0.29, 0.717) is 12.0 Å². The van der Waals surface area contributed by atoms with E-state index in [2.05, 4.69) is 17.3 Å². The van der Waals surface area contributed by atoms with Gasteiger partial charge in [0.2, 0.25) is 0 Å². The number of hydrogen-bond acceptors (Lipinski definition) is 2. The quantitative estimate of drug-likeness (QED) is 0.797. The fourth-order valence-corrected chi connectivity index (χ4v) is 3.19. The number of hydrogen-bond donors (Lipinski definition) is 1. The number of ether oxygens (including phenoxy) is 1. The lowest BCUT2D eigenvalue weighted by molar-refractivity contribution is 0.0484. The van der Waals surface area contributed by atoms with Crippen LogP contribution >= 0.6 is 12.2 Å². The van der Waals surface area contributed by atoms with Gasteiger partial charge in [-0.3, -0.25) is 0 Å². The summed E-state index contributed by atoms with van der Waals surface area (Å²) in [7, 11) is 2.10. The van der Waals surface area contributed by atoms with E-state index in [4.69, 9.17) is 17.0 Å². The summed E-state index contributed by atoms with van der Waals surface area (Å²) in [6.45, 7) is 2.86. The van der Waals surface area contributed by atoms with E-state index in [1.54, 1.807) is 0 Å². The summed E-state index contributed by atoms with van der Waals surface area (Å²) in [4.78, 5) is 2.20. The molecule has 2 rings (SSSR count). The van der Waals surface area contributed by atoms with Gasteiger partial charge in [-0.15, -0.1) is 0 Å². The molecule has 1 unspecified atom stereocenters. The first-order valence-electron chi connectivity index (χ1n) is 7.35. The molecular weight excluding hydrogens is 244 g/mol. The van der Waals surface area contributed by atoms with Gasteiger partial charge in [-0.2, -0.15) is 0 Å². The summed E-state index contributed by atoms with van der Waals surface area (Å²) in [5.74, 6) is 0.648. The lowest BCUT2D eigenvalue weighted by Gasteiger charge is -2.31. The van der Waals surface area contributed by atoms with Gasteiger partial charge in [-0.25, -0.2) is 0 Å². The maximum atomic E-state index is 5.52. The molecule has 18 heavy (non-hydrogen) atoms. The van der Waals surface area contributed by atoms with Crippen LogP contribution in [0, 0.1) is 5.92 Å². The topological polar surface area (TPSA) is 24.5 Å². The SMILES string of the molecule is CN(CC1CCCOC1)C(=S)NC1CCCCC1. The Kier molecular flexibility index (Phi) is 5.70. The van der Waals surface area contributed by atoms with Crippen molar-refractivity contribution in [2.75, 3.05) is 26.8 Å². The van der Waals surface area contributed by atoms with Crippen LogP contribution in [0.5, 0.6) is 0 Å². The minimum atomic E-state index is 0.608. The van der Waals surface area contributed by atoms with Crippen LogP contribution in [-0.2, 0) is 4.74 Å². The van der Waals surface area contributed by atoms with Crippen LogP contribution in [0.3, 0.4) is 0 Å². The average molecular weight is 270 g/mol. The van der Waals surface area contributed by atoms with E-state index in [0.717, 1.165) is 24.9 Å². The van der Waals surface area contributed by atoms with Gasteiger partial charge in [0.15, 0.2) is 5.11 Å². The van der Waals surface area contributed by atoms with Crippen molar-refractivity contribution in [3.8, 4) is 0 Å². The molecule has 1 aliphatic carbocycles. The van der Waals surface area contributed by atoms with E-state index in [1.165, 1.54) is 44.9 Å². The number of nitrogens with one attached hydrogen (secondary N) is 1. The van der Waals surface area contributed by atoms with Gasteiger partial charge in [0, 0.05) is 26.2 Å². The van der Waals surface area contributed by atoms with Crippen molar-refractivity contribution >= 4 is 17.3 Å². The molecule has 1 saturated heterocycles. The van der Waals surface area contributed by atoms with Crippen LogP contribution in [0.4, 0.5) is 0 Å². The predicted molar refractivity (Wildman–Crippen MR) is 78.8 cm³/mol. The molecule has 0 aromatic heterocycles. The van der Waals surface area contributed by atoms with Gasteiger partial charge >= 0.3 is 0 Å². The molecule has 1 saturated carbocycles. The molecule has 2 fully saturated rings. The highest BCUT2D eigenvalue weighted by Gasteiger charge is 2.19. The van der Waals surface area contributed by atoms with E-state index in [9.17, 15) is 0 Å². The van der Waals surface area contributed by atoms with Crippen LogP contribution < -0.4 is 5.32 Å². The molecule has 1 aliphatic heterocycles. The second kappa shape index (κ2) is 7.29. The Bertz CT molecular complexity index is 261. The highest BCUT2D eigenvalue weighted by atomic mass is 32.1. The van der Waals surface area contributed by atoms with Crippen LogP contribution in [-0.4, -0.2) is 42.9 Å². The molecule has 0 aromatic rings. The zero-order valence-electron chi connectivity index (χ0n) is 11.5. The zero-order chi connectivity index (χ0) is 12.8. The Morgan fingerprint density at radius 1 is 1.22 bits per heavy atom. The predicted octanol–water partition coefficient (Wildman–Crippen LogP) is 2.55. The number of rotatable bonds is 3. The largest absolute Gasteiger partial charge is 0.381 e. The molecule has 1 atom stereocenters. The van der Waals surface area contributed by atoms with Gasteiger partial charge in [-0.05, 0) is 43.8 Å². The Labute approximate surface area is 116 Å². The van der Waals surface area contributed by atoms with Gasteiger partial charge in [0.05, 0.1) is 6.61 Å². The van der Waals surface area contributed by atoms with E-state index >= 15 is 0 Å². The Balaban J connectivity index is 1.69. The van der Waals surface area contributed by atoms with Gasteiger partial charge in [-0.1, -0.05) is 19.3 Å². The lowest BCUT2D eigenvalue weighted by Crippen LogP contribution is -2.45. The molecule has 0 amide bonds. The van der Waals surface area contributed by atoms with Gasteiger partial charge in [0.25, 0.3) is 0 Å². The highest BCUT2D eigenvalue weighted by Crippen LogP contribution is 2.18. The Morgan fingerprint density at radius 3 is 2.67 bits per heavy atom.